The van der Waals surface area contributed by atoms with Crippen molar-refractivity contribution in [2.24, 2.45) is 0 Å². The monoisotopic (exact) mass is 260 g/mol. The highest BCUT2D eigenvalue weighted by Crippen LogP contribution is 2.24. The molecule has 0 spiro atoms. The van der Waals surface area contributed by atoms with Crippen molar-refractivity contribution in [3.8, 4) is 0 Å². The molecule has 1 rings (SSSR count). The van der Waals surface area contributed by atoms with Crippen LogP contribution in [-0.4, -0.2) is 16.3 Å². The summed E-state index contributed by atoms with van der Waals surface area (Å²) >= 11 is 4.66. The molecule has 1 aromatic carbocycles. The summed E-state index contributed by atoms with van der Waals surface area (Å²) in [5.74, 6) is -0.784. The Hall–Kier alpha value is -0.480. The molecule has 0 aliphatic carbocycles. The van der Waals surface area contributed by atoms with E-state index in [2.05, 4.69) is 15.9 Å². The SMILES string of the molecule is C[C@@H](Sc1ccc(Br)cc1)C(=O)O. The van der Waals surface area contributed by atoms with Gasteiger partial charge >= 0.3 is 5.97 Å². The van der Waals surface area contributed by atoms with E-state index in [1.807, 2.05) is 24.3 Å². The van der Waals surface area contributed by atoms with Crippen LogP contribution in [0.3, 0.4) is 0 Å². The number of carbonyl (C=O) groups is 1. The first-order valence-electron chi connectivity index (χ1n) is 3.74. The van der Waals surface area contributed by atoms with Crippen LogP contribution in [0.1, 0.15) is 6.92 Å². The zero-order chi connectivity index (χ0) is 9.84. The molecule has 0 heterocycles. The van der Waals surface area contributed by atoms with Crippen molar-refractivity contribution in [3.63, 3.8) is 0 Å². The minimum absolute atomic E-state index is 0.402. The Kier molecular flexibility index (Phi) is 3.81. The van der Waals surface area contributed by atoms with Gasteiger partial charge in [-0.15, -0.1) is 11.8 Å². The maximum atomic E-state index is 10.5. The molecular formula is C9H9BrO2S. The summed E-state index contributed by atoms with van der Waals surface area (Å²) in [5.41, 5.74) is 0. The van der Waals surface area contributed by atoms with Gasteiger partial charge in [0.05, 0.1) is 0 Å². The predicted octanol–water partition coefficient (Wildman–Crippen LogP) is 3.01. The van der Waals surface area contributed by atoms with Crippen LogP contribution in [0, 0.1) is 0 Å². The summed E-state index contributed by atoms with van der Waals surface area (Å²) in [5, 5.41) is 8.27. The second-order valence-corrected chi connectivity index (χ2v) is 4.88. The maximum Gasteiger partial charge on any atom is 0.316 e. The molecule has 0 saturated heterocycles. The molecule has 70 valence electrons. The van der Waals surface area contributed by atoms with Gasteiger partial charge in [-0.1, -0.05) is 15.9 Å². The van der Waals surface area contributed by atoms with Crippen molar-refractivity contribution < 1.29 is 9.90 Å². The Morgan fingerprint density at radius 3 is 2.46 bits per heavy atom. The van der Waals surface area contributed by atoms with Crippen LogP contribution in [0.15, 0.2) is 33.6 Å². The lowest BCUT2D eigenvalue weighted by molar-refractivity contribution is -0.136. The molecule has 2 nitrogen and oxygen atoms in total. The average molecular weight is 261 g/mol. The minimum atomic E-state index is -0.784. The van der Waals surface area contributed by atoms with Crippen LogP contribution in [0.25, 0.3) is 0 Å². The molecule has 0 fully saturated rings. The number of carboxylic acid groups (broad SMARTS) is 1. The normalized spacial score (nSPS) is 12.5. The molecule has 1 aromatic rings. The summed E-state index contributed by atoms with van der Waals surface area (Å²) < 4.78 is 1.000. The second-order valence-electron chi connectivity index (χ2n) is 2.55. The van der Waals surface area contributed by atoms with Crippen molar-refractivity contribution in [2.75, 3.05) is 0 Å². The van der Waals surface area contributed by atoms with Gasteiger partial charge in [0.1, 0.15) is 5.25 Å². The number of thioether (sulfide) groups is 1. The standard InChI is InChI=1S/C9H9BrO2S/c1-6(9(11)12)13-8-4-2-7(10)3-5-8/h2-6H,1H3,(H,11,12)/t6-/m1/s1. The molecule has 0 aliphatic rings. The second kappa shape index (κ2) is 4.67. The molecular weight excluding hydrogens is 252 g/mol. The van der Waals surface area contributed by atoms with Gasteiger partial charge in [-0.05, 0) is 31.2 Å². The first kappa shape index (κ1) is 10.6. The largest absolute Gasteiger partial charge is 0.480 e. The number of hydrogen-bond acceptors (Lipinski definition) is 2. The first-order chi connectivity index (χ1) is 6.09. The summed E-state index contributed by atoms with van der Waals surface area (Å²) in [7, 11) is 0. The summed E-state index contributed by atoms with van der Waals surface area (Å²) in [6.07, 6.45) is 0. The van der Waals surface area contributed by atoms with Gasteiger partial charge in [0.25, 0.3) is 0 Å². The van der Waals surface area contributed by atoms with E-state index in [0.717, 1.165) is 9.37 Å². The maximum absolute atomic E-state index is 10.5. The van der Waals surface area contributed by atoms with E-state index in [9.17, 15) is 4.79 Å². The van der Waals surface area contributed by atoms with Gasteiger partial charge < -0.3 is 5.11 Å². The summed E-state index contributed by atoms with van der Waals surface area (Å²) in [4.78, 5) is 11.5. The van der Waals surface area contributed by atoms with Gasteiger partial charge in [0.15, 0.2) is 0 Å². The van der Waals surface area contributed by atoms with Crippen molar-refractivity contribution in [2.45, 2.75) is 17.1 Å². The first-order valence-corrected chi connectivity index (χ1v) is 5.42. The summed E-state index contributed by atoms with van der Waals surface area (Å²) in [6.45, 7) is 1.68. The lowest BCUT2D eigenvalue weighted by Gasteiger charge is -2.05. The minimum Gasteiger partial charge on any atom is -0.480 e. The molecule has 0 radical (unpaired) electrons. The van der Waals surface area contributed by atoms with Gasteiger partial charge in [0, 0.05) is 9.37 Å². The van der Waals surface area contributed by atoms with E-state index in [1.54, 1.807) is 6.92 Å². The molecule has 0 aliphatic heterocycles. The molecule has 1 atom stereocenters. The van der Waals surface area contributed by atoms with Gasteiger partial charge in [-0.25, -0.2) is 0 Å². The van der Waals surface area contributed by atoms with Crippen molar-refractivity contribution in [3.05, 3.63) is 28.7 Å². The molecule has 0 unspecified atom stereocenters. The lowest BCUT2D eigenvalue weighted by atomic mass is 10.4. The Morgan fingerprint density at radius 1 is 1.46 bits per heavy atom. The smallest absolute Gasteiger partial charge is 0.316 e. The molecule has 1 N–H and O–H groups in total. The molecule has 0 bridgehead atoms. The zero-order valence-corrected chi connectivity index (χ0v) is 9.43. The number of halogens is 1. The van der Waals surface area contributed by atoms with Gasteiger partial charge in [-0.3, -0.25) is 4.79 Å². The van der Waals surface area contributed by atoms with Crippen LogP contribution in [0.2, 0.25) is 0 Å². The Morgan fingerprint density at radius 2 is 2.00 bits per heavy atom. The van der Waals surface area contributed by atoms with E-state index in [0.29, 0.717) is 0 Å². The number of rotatable bonds is 3. The lowest BCUT2D eigenvalue weighted by Crippen LogP contribution is -2.10. The van der Waals surface area contributed by atoms with E-state index in [1.165, 1.54) is 11.8 Å². The number of benzene rings is 1. The van der Waals surface area contributed by atoms with Crippen LogP contribution < -0.4 is 0 Å². The fourth-order valence-electron chi connectivity index (χ4n) is 0.768. The van der Waals surface area contributed by atoms with E-state index >= 15 is 0 Å². The third kappa shape index (κ3) is 3.40. The predicted molar refractivity (Wildman–Crippen MR) is 57.1 cm³/mol. The Labute approximate surface area is 89.5 Å². The Bertz CT molecular complexity index is 297. The zero-order valence-electron chi connectivity index (χ0n) is 7.03. The highest BCUT2D eigenvalue weighted by molar-refractivity contribution is 9.10. The average Bonchev–Trinajstić information content (AvgIpc) is 2.08. The third-order valence-corrected chi connectivity index (χ3v) is 3.10. The van der Waals surface area contributed by atoms with E-state index < -0.39 is 11.2 Å². The van der Waals surface area contributed by atoms with Crippen LogP contribution >= 0.6 is 27.7 Å². The van der Waals surface area contributed by atoms with Crippen molar-refractivity contribution >= 4 is 33.7 Å². The van der Waals surface area contributed by atoms with Crippen LogP contribution in [0.4, 0.5) is 0 Å². The molecule has 0 aromatic heterocycles. The van der Waals surface area contributed by atoms with E-state index in [4.69, 9.17) is 5.11 Å². The topological polar surface area (TPSA) is 37.3 Å². The molecule has 0 amide bonds. The molecule has 13 heavy (non-hydrogen) atoms. The van der Waals surface area contributed by atoms with Crippen LogP contribution in [-0.2, 0) is 4.79 Å². The number of aliphatic carboxylic acids is 1. The molecule has 4 heteroatoms. The molecule has 0 saturated carbocycles. The number of hydrogen-bond donors (Lipinski definition) is 1. The van der Waals surface area contributed by atoms with Gasteiger partial charge in [-0.2, -0.15) is 0 Å². The van der Waals surface area contributed by atoms with Crippen molar-refractivity contribution in [1.29, 1.82) is 0 Å². The highest BCUT2D eigenvalue weighted by atomic mass is 79.9. The fourth-order valence-corrected chi connectivity index (χ4v) is 1.83. The third-order valence-electron chi connectivity index (χ3n) is 1.47. The summed E-state index contributed by atoms with van der Waals surface area (Å²) in [6, 6.07) is 7.59. The quantitative estimate of drug-likeness (QED) is 0.850. The van der Waals surface area contributed by atoms with Gasteiger partial charge in [0.2, 0.25) is 0 Å². The highest BCUT2D eigenvalue weighted by Gasteiger charge is 2.11. The van der Waals surface area contributed by atoms with Crippen LogP contribution in [0.5, 0.6) is 0 Å². The van der Waals surface area contributed by atoms with E-state index in [-0.39, 0.29) is 0 Å². The Balaban J connectivity index is 2.64. The fraction of sp³-hybridized carbons (Fsp3) is 0.222. The number of carboxylic acids is 1. The van der Waals surface area contributed by atoms with Crippen molar-refractivity contribution in [1.82, 2.24) is 0 Å².